The number of carbonyl (C=O) groups excluding carboxylic acids is 1. The van der Waals surface area contributed by atoms with Crippen LogP contribution in [0.5, 0.6) is 0 Å². The molecular weight excluding hydrogens is 218 g/mol. The average Bonchev–Trinajstić information content (AvgIpc) is 2.27. The molecule has 0 N–H and O–H groups in total. The van der Waals surface area contributed by atoms with Crippen molar-refractivity contribution < 1.29 is 4.79 Å². The highest BCUT2D eigenvalue weighted by atomic mass is 32.2. The van der Waals surface area contributed by atoms with Gasteiger partial charge < -0.3 is 0 Å². The molecule has 0 aliphatic heterocycles. The van der Waals surface area contributed by atoms with E-state index in [0.29, 0.717) is 12.2 Å². The molecule has 16 heavy (non-hydrogen) atoms. The fourth-order valence-corrected chi connectivity index (χ4v) is 1.42. The van der Waals surface area contributed by atoms with Crippen molar-refractivity contribution in [2.75, 3.05) is 5.75 Å². The number of hydrogen-bond donors (Lipinski definition) is 0. The van der Waals surface area contributed by atoms with Crippen LogP contribution in [0.1, 0.15) is 18.1 Å². The van der Waals surface area contributed by atoms with Crippen molar-refractivity contribution in [3.8, 4) is 17.9 Å². The normalized spacial score (nSPS) is 8.75. The number of nitrogens with zero attached hydrogens (tertiary/aromatic N) is 1. The SMILES string of the molecule is CC(=O)SCC#Cc1ccc(CC#N)cc1. The topological polar surface area (TPSA) is 40.9 Å². The molecule has 0 aliphatic carbocycles. The first-order valence-electron chi connectivity index (χ1n) is 4.80. The van der Waals surface area contributed by atoms with Gasteiger partial charge in [-0.1, -0.05) is 35.7 Å². The van der Waals surface area contributed by atoms with E-state index in [1.807, 2.05) is 24.3 Å². The first-order chi connectivity index (χ1) is 7.72. The average molecular weight is 229 g/mol. The molecule has 3 heteroatoms. The molecule has 0 amide bonds. The van der Waals surface area contributed by atoms with Crippen LogP contribution in [0, 0.1) is 23.2 Å². The summed E-state index contributed by atoms with van der Waals surface area (Å²) in [5.74, 6) is 6.40. The fourth-order valence-electron chi connectivity index (χ4n) is 1.07. The lowest BCUT2D eigenvalue weighted by Crippen LogP contribution is -1.83. The summed E-state index contributed by atoms with van der Waals surface area (Å²) in [4.78, 5) is 10.6. The van der Waals surface area contributed by atoms with Crippen molar-refractivity contribution in [1.82, 2.24) is 0 Å². The van der Waals surface area contributed by atoms with E-state index < -0.39 is 0 Å². The van der Waals surface area contributed by atoms with Crippen LogP contribution in [-0.4, -0.2) is 10.9 Å². The van der Waals surface area contributed by atoms with Crippen LogP contribution in [0.4, 0.5) is 0 Å². The molecule has 1 rings (SSSR count). The van der Waals surface area contributed by atoms with Crippen molar-refractivity contribution in [2.24, 2.45) is 0 Å². The predicted molar refractivity (Wildman–Crippen MR) is 65.8 cm³/mol. The van der Waals surface area contributed by atoms with Crippen molar-refractivity contribution in [1.29, 1.82) is 5.26 Å². The highest BCUT2D eigenvalue weighted by Crippen LogP contribution is 2.04. The molecule has 0 bridgehead atoms. The lowest BCUT2D eigenvalue weighted by Gasteiger charge is -1.93. The van der Waals surface area contributed by atoms with Crippen LogP contribution < -0.4 is 0 Å². The Morgan fingerprint density at radius 3 is 2.62 bits per heavy atom. The van der Waals surface area contributed by atoms with Gasteiger partial charge in [0.2, 0.25) is 0 Å². The van der Waals surface area contributed by atoms with Crippen LogP contribution in [0.15, 0.2) is 24.3 Å². The van der Waals surface area contributed by atoms with E-state index in [9.17, 15) is 4.79 Å². The quantitative estimate of drug-likeness (QED) is 0.731. The van der Waals surface area contributed by atoms with Crippen molar-refractivity contribution in [3.63, 3.8) is 0 Å². The third-order valence-corrected chi connectivity index (χ3v) is 2.51. The van der Waals surface area contributed by atoms with Crippen molar-refractivity contribution in [2.45, 2.75) is 13.3 Å². The van der Waals surface area contributed by atoms with Gasteiger partial charge >= 0.3 is 0 Å². The third-order valence-electron chi connectivity index (χ3n) is 1.82. The number of hydrogen-bond acceptors (Lipinski definition) is 3. The largest absolute Gasteiger partial charge is 0.288 e. The molecule has 2 nitrogen and oxygen atoms in total. The number of nitriles is 1. The summed E-state index contributed by atoms with van der Waals surface area (Å²) in [6.45, 7) is 1.53. The Hall–Kier alpha value is -1.71. The van der Waals surface area contributed by atoms with Gasteiger partial charge in [-0.2, -0.15) is 5.26 Å². The van der Waals surface area contributed by atoms with Gasteiger partial charge in [-0.25, -0.2) is 0 Å². The highest BCUT2D eigenvalue weighted by molar-refractivity contribution is 8.13. The molecule has 0 heterocycles. The minimum Gasteiger partial charge on any atom is -0.288 e. The summed E-state index contributed by atoms with van der Waals surface area (Å²) in [5.41, 5.74) is 1.90. The fraction of sp³-hybridized carbons (Fsp3) is 0.231. The summed E-state index contributed by atoms with van der Waals surface area (Å²) >= 11 is 1.21. The molecule has 80 valence electrons. The van der Waals surface area contributed by atoms with E-state index in [-0.39, 0.29) is 5.12 Å². The lowest BCUT2D eigenvalue weighted by atomic mass is 10.1. The molecule has 1 aromatic carbocycles. The molecule has 0 unspecified atom stereocenters. The Morgan fingerprint density at radius 1 is 1.38 bits per heavy atom. The summed E-state index contributed by atoms with van der Waals surface area (Å²) < 4.78 is 0. The second kappa shape index (κ2) is 6.71. The smallest absolute Gasteiger partial charge is 0.186 e. The Morgan fingerprint density at radius 2 is 2.06 bits per heavy atom. The van der Waals surface area contributed by atoms with Gasteiger partial charge in [0.15, 0.2) is 5.12 Å². The van der Waals surface area contributed by atoms with Crippen LogP contribution >= 0.6 is 11.8 Å². The molecule has 1 aromatic rings. The van der Waals surface area contributed by atoms with Crippen LogP contribution in [-0.2, 0) is 11.2 Å². The summed E-state index contributed by atoms with van der Waals surface area (Å²) in [6, 6.07) is 9.65. The summed E-state index contributed by atoms with van der Waals surface area (Å²) in [5, 5.41) is 8.58. The number of thioether (sulfide) groups is 1. The number of benzene rings is 1. The minimum absolute atomic E-state index is 0.0821. The van der Waals surface area contributed by atoms with Gasteiger partial charge in [0, 0.05) is 12.5 Å². The third kappa shape index (κ3) is 4.68. The molecule has 0 fully saturated rings. The first-order valence-corrected chi connectivity index (χ1v) is 5.79. The lowest BCUT2D eigenvalue weighted by molar-refractivity contribution is -0.109. The van der Waals surface area contributed by atoms with Gasteiger partial charge in [0.05, 0.1) is 18.2 Å². The Balaban J connectivity index is 2.55. The van der Waals surface area contributed by atoms with Crippen LogP contribution in [0.2, 0.25) is 0 Å². The predicted octanol–water partition coefficient (Wildman–Crippen LogP) is 2.38. The van der Waals surface area contributed by atoms with E-state index in [1.165, 1.54) is 18.7 Å². The molecule has 0 spiro atoms. The van der Waals surface area contributed by atoms with E-state index in [1.54, 1.807) is 0 Å². The van der Waals surface area contributed by atoms with Gasteiger partial charge in [-0.05, 0) is 17.7 Å². The zero-order valence-corrected chi connectivity index (χ0v) is 9.80. The second-order valence-corrected chi connectivity index (χ2v) is 4.27. The molecule has 0 aliphatic rings. The summed E-state index contributed by atoms with van der Waals surface area (Å²) in [6.07, 6.45) is 0.425. The molecule has 0 saturated heterocycles. The van der Waals surface area contributed by atoms with E-state index in [2.05, 4.69) is 17.9 Å². The van der Waals surface area contributed by atoms with Gasteiger partial charge in [-0.3, -0.25) is 4.79 Å². The van der Waals surface area contributed by atoms with Gasteiger partial charge in [-0.15, -0.1) is 0 Å². The molecule has 0 aromatic heterocycles. The van der Waals surface area contributed by atoms with Crippen molar-refractivity contribution >= 4 is 16.9 Å². The molecular formula is C13H11NOS. The van der Waals surface area contributed by atoms with E-state index in [0.717, 1.165) is 11.1 Å². The number of carbonyl (C=O) groups is 1. The second-order valence-electron chi connectivity index (χ2n) is 3.11. The zero-order valence-electron chi connectivity index (χ0n) is 8.99. The molecule has 0 atom stereocenters. The number of rotatable bonds is 2. The first kappa shape index (κ1) is 12.4. The van der Waals surface area contributed by atoms with Crippen molar-refractivity contribution in [3.05, 3.63) is 35.4 Å². The maximum absolute atomic E-state index is 10.6. The maximum atomic E-state index is 10.6. The van der Waals surface area contributed by atoms with E-state index in [4.69, 9.17) is 5.26 Å². The molecule has 0 saturated carbocycles. The Bertz CT molecular complexity index is 459. The summed E-state index contributed by atoms with van der Waals surface area (Å²) in [7, 11) is 0. The van der Waals surface area contributed by atoms with Crippen LogP contribution in [0.3, 0.4) is 0 Å². The van der Waals surface area contributed by atoms with E-state index >= 15 is 0 Å². The van der Waals surface area contributed by atoms with Gasteiger partial charge in [0.1, 0.15) is 0 Å². The minimum atomic E-state index is 0.0821. The highest BCUT2D eigenvalue weighted by Gasteiger charge is 1.91. The standard InChI is InChI=1S/C13H11NOS/c1-11(15)16-10-2-3-12-4-6-13(7-5-12)8-9-14/h4-7H,8,10H2,1H3. The maximum Gasteiger partial charge on any atom is 0.186 e. The van der Waals surface area contributed by atoms with Crippen LogP contribution in [0.25, 0.3) is 0 Å². The Labute approximate surface area is 99.7 Å². The zero-order chi connectivity index (χ0) is 11.8. The van der Waals surface area contributed by atoms with Gasteiger partial charge in [0.25, 0.3) is 0 Å². The Kier molecular flexibility index (Phi) is 5.19. The molecule has 0 radical (unpaired) electrons. The monoisotopic (exact) mass is 229 g/mol.